The van der Waals surface area contributed by atoms with Crippen LogP contribution in [0.1, 0.15) is 49.8 Å². The summed E-state index contributed by atoms with van der Waals surface area (Å²) in [5, 5.41) is 20.4. The van der Waals surface area contributed by atoms with Crippen molar-refractivity contribution in [3.05, 3.63) is 65.6 Å². The van der Waals surface area contributed by atoms with Crippen LogP contribution in [0.4, 0.5) is 14.9 Å². The van der Waals surface area contributed by atoms with Crippen LogP contribution >= 0.6 is 0 Å². The molecule has 0 atom stereocenters. The van der Waals surface area contributed by atoms with E-state index in [2.05, 4.69) is 15.7 Å². The van der Waals surface area contributed by atoms with Gasteiger partial charge in [-0.15, -0.1) is 0 Å². The van der Waals surface area contributed by atoms with E-state index in [1.165, 1.54) is 22.9 Å². The number of carbonyl (C=O) groups excluding carboxylic acids is 2. The third-order valence-corrected chi connectivity index (χ3v) is 5.66. The van der Waals surface area contributed by atoms with Crippen LogP contribution in [0.25, 0.3) is 11.3 Å². The molecule has 8 heteroatoms. The van der Waals surface area contributed by atoms with Crippen LogP contribution in [0.2, 0.25) is 0 Å². The molecule has 3 aromatic rings. The number of aromatic hydroxyl groups is 1. The van der Waals surface area contributed by atoms with Crippen molar-refractivity contribution in [1.82, 2.24) is 15.1 Å². The molecule has 0 radical (unpaired) electrons. The van der Waals surface area contributed by atoms with Crippen molar-refractivity contribution in [2.24, 2.45) is 0 Å². The maximum Gasteiger partial charge on any atom is 0.342 e. The van der Waals surface area contributed by atoms with Crippen LogP contribution in [0, 0.1) is 5.82 Å². The lowest BCUT2D eigenvalue weighted by Gasteiger charge is -2.25. The normalized spacial score (nSPS) is 13.4. The predicted molar refractivity (Wildman–Crippen MR) is 119 cm³/mol. The average Bonchev–Trinajstić information content (AvgIpc) is 3.16. The van der Waals surface area contributed by atoms with Crippen molar-refractivity contribution in [2.45, 2.75) is 45.1 Å². The quantitative estimate of drug-likeness (QED) is 0.485. The first-order valence-corrected chi connectivity index (χ1v) is 10.7. The number of amides is 2. The summed E-state index contributed by atoms with van der Waals surface area (Å²) in [7, 11) is 0. The number of carbonyl (C=O) groups is 2. The molecule has 1 aromatic heterocycles. The molecule has 1 fully saturated rings. The zero-order valence-corrected chi connectivity index (χ0v) is 17.8. The van der Waals surface area contributed by atoms with Crippen LogP contribution < -0.4 is 10.6 Å². The number of phenolic OH excluding ortho intramolecular Hbond substituents is 1. The second kappa shape index (κ2) is 9.21. The Labute approximate surface area is 185 Å². The fraction of sp³-hybridized carbons (Fsp3) is 0.292. The summed E-state index contributed by atoms with van der Waals surface area (Å²) in [6.07, 6.45) is 3.34. The number of phenols is 1. The topological polar surface area (TPSA) is 96.2 Å². The fourth-order valence-corrected chi connectivity index (χ4v) is 3.65. The maximum absolute atomic E-state index is 13.4. The Morgan fingerprint density at radius 2 is 2.00 bits per heavy atom. The maximum atomic E-state index is 13.4. The molecule has 3 N–H and O–H groups in total. The molecule has 0 spiro atoms. The van der Waals surface area contributed by atoms with E-state index < -0.39 is 6.03 Å². The van der Waals surface area contributed by atoms with E-state index in [9.17, 15) is 19.1 Å². The minimum atomic E-state index is -0.419. The molecule has 1 aliphatic rings. The predicted octanol–water partition coefficient (Wildman–Crippen LogP) is 4.77. The summed E-state index contributed by atoms with van der Waals surface area (Å²) < 4.78 is 14.7. The molecule has 0 aliphatic heterocycles. The number of rotatable bonds is 6. The lowest BCUT2D eigenvalue weighted by atomic mass is 9.82. The lowest BCUT2D eigenvalue weighted by molar-refractivity contribution is -0.115. The second-order valence-corrected chi connectivity index (χ2v) is 7.92. The van der Waals surface area contributed by atoms with Gasteiger partial charge in [-0.25, -0.2) is 9.18 Å². The zero-order valence-electron chi connectivity index (χ0n) is 17.8. The number of hydrogen-bond donors (Lipinski definition) is 3. The van der Waals surface area contributed by atoms with E-state index in [0.29, 0.717) is 28.9 Å². The number of hydrogen-bond acceptors (Lipinski definition) is 4. The highest BCUT2D eigenvalue weighted by Crippen LogP contribution is 2.39. The molecule has 2 amide bonds. The van der Waals surface area contributed by atoms with Gasteiger partial charge in [0.05, 0.1) is 11.4 Å². The van der Waals surface area contributed by atoms with Crippen molar-refractivity contribution in [1.29, 1.82) is 0 Å². The molecule has 166 valence electrons. The van der Waals surface area contributed by atoms with Gasteiger partial charge < -0.3 is 15.7 Å². The number of anilines is 1. The molecule has 1 saturated carbocycles. The molecule has 2 aromatic carbocycles. The molecule has 4 rings (SSSR count). The number of benzene rings is 2. The minimum Gasteiger partial charge on any atom is -0.507 e. The smallest absolute Gasteiger partial charge is 0.342 e. The summed E-state index contributed by atoms with van der Waals surface area (Å²) in [4.78, 5) is 24.7. The Morgan fingerprint density at radius 1 is 1.19 bits per heavy atom. The van der Waals surface area contributed by atoms with Crippen LogP contribution in [0.3, 0.4) is 0 Å². The molecular formula is C24H25FN4O3. The summed E-state index contributed by atoms with van der Waals surface area (Å²) in [6.45, 7) is 1.92. The van der Waals surface area contributed by atoms with Crippen molar-refractivity contribution in [2.75, 3.05) is 5.32 Å². The lowest BCUT2D eigenvalue weighted by Crippen LogP contribution is -2.31. The van der Waals surface area contributed by atoms with Crippen LogP contribution in [0.5, 0.6) is 5.75 Å². The molecular weight excluding hydrogens is 411 g/mol. The first-order valence-electron chi connectivity index (χ1n) is 10.7. The Bertz CT molecular complexity index is 1150. The van der Waals surface area contributed by atoms with E-state index in [1.807, 2.05) is 6.07 Å². The van der Waals surface area contributed by atoms with Gasteiger partial charge in [-0.2, -0.15) is 9.78 Å². The van der Waals surface area contributed by atoms with Gasteiger partial charge in [0, 0.05) is 30.1 Å². The van der Waals surface area contributed by atoms with E-state index in [4.69, 9.17) is 0 Å². The van der Waals surface area contributed by atoms with E-state index in [-0.39, 0.29) is 29.9 Å². The van der Waals surface area contributed by atoms with Crippen molar-refractivity contribution in [3.8, 4) is 17.0 Å². The summed E-state index contributed by atoms with van der Waals surface area (Å²) >= 11 is 0. The van der Waals surface area contributed by atoms with Gasteiger partial charge in [-0.3, -0.25) is 4.79 Å². The molecule has 1 heterocycles. The Kier molecular flexibility index (Phi) is 6.20. The van der Waals surface area contributed by atoms with Gasteiger partial charge in [0.15, 0.2) is 0 Å². The molecule has 0 saturated heterocycles. The van der Waals surface area contributed by atoms with Crippen molar-refractivity contribution < 1.29 is 19.1 Å². The van der Waals surface area contributed by atoms with Crippen LogP contribution in [0.15, 0.2) is 48.5 Å². The molecule has 0 unspecified atom stereocenters. The molecule has 32 heavy (non-hydrogen) atoms. The van der Waals surface area contributed by atoms with E-state index >= 15 is 0 Å². The van der Waals surface area contributed by atoms with Gasteiger partial charge in [-0.05, 0) is 54.8 Å². The zero-order chi connectivity index (χ0) is 22.7. The summed E-state index contributed by atoms with van der Waals surface area (Å²) in [5.41, 5.74) is 2.83. The van der Waals surface area contributed by atoms with Gasteiger partial charge in [0.25, 0.3) is 0 Å². The average molecular weight is 436 g/mol. The minimum absolute atomic E-state index is 0.00414. The van der Waals surface area contributed by atoms with Gasteiger partial charge in [0.1, 0.15) is 11.6 Å². The number of nitrogens with zero attached hydrogens (tertiary/aromatic N) is 2. The third kappa shape index (κ3) is 4.64. The van der Waals surface area contributed by atoms with Gasteiger partial charge >= 0.3 is 6.03 Å². The molecule has 1 aliphatic carbocycles. The number of halogens is 1. The fourth-order valence-electron chi connectivity index (χ4n) is 3.65. The SMILES string of the molecule is CCC(=O)Nc1ccc(O)c(-c2cc(C3CCC3)n(C(=O)NCc3cccc(F)c3)n2)c1. The van der Waals surface area contributed by atoms with Gasteiger partial charge in [0.2, 0.25) is 5.91 Å². The Balaban J connectivity index is 1.62. The molecule has 7 nitrogen and oxygen atoms in total. The third-order valence-electron chi connectivity index (χ3n) is 5.66. The van der Waals surface area contributed by atoms with Crippen LogP contribution in [-0.4, -0.2) is 26.8 Å². The first kappa shape index (κ1) is 21.5. The second-order valence-electron chi connectivity index (χ2n) is 7.92. The standard InChI is InChI=1S/C24H25FN4O3/c1-2-23(31)27-18-9-10-22(30)19(12-18)20-13-21(16-6-4-7-16)29(28-20)24(32)26-14-15-5-3-8-17(25)11-15/h3,5,8-13,16,30H,2,4,6-7,14H2,1H3,(H,26,32)(H,27,31). The molecule has 0 bridgehead atoms. The Hall–Kier alpha value is -3.68. The number of aromatic nitrogens is 2. The van der Waals surface area contributed by atoms with Crippen molar-refractivity contribution in [3.63, 3.8) is 0 Å². The Morgan fingerprint density at radius 3 is 2.69 bits per heavy atom. The summed E-state index contributed by atoms with van der Waals surface area (Å²) in [6, 6.07) is 12.2. The first-order chi connectivity index (χ1) is 15.4. The van der Waals surface area contributed by atoms with Gasteiger partial charge in [-0.1, -0.05) is 25.5 Å². The van der Waals surface area contributed by atoms with Crippen LogP contribution in [-0.2, 0) is 11.3 Å². The monoisotopic (exact) mass is 436 g/mol. The largest absolute Gasteiger partial charge is 0.507 e. The highest BCUT2D eigenvalue weighted by molar-refractivity contribution is 5.91. The highest BCUT2D eigenvalue weighted by Gasteiger charge is 2.27. The summed E-state index contributed by atoms with van der Waals surface area (Å²) in [5.74, 6) is -0.288. The highest BCUT2D eigenvalue weighted by atomic mass is 19.1. The number of nitrogens with one attached hydrogen (secondary N) is 2. The van der Waals surface area contributed by atoms with E-state index in [1.54, 1.807) is 31.2 Å². The van der Waals surface area contributed by atoms with Crippen molar-refractivity contribution >= 4 is 17.6 Å². The van der Waals surface area contributed by atoms with E-state index in [0.717, 1.165) is 25.0 Å².